The van der Waals surface area contributed by atoms with E-state index < -0.39 is 86.4 Å². The van der Waals surface area contributed by atoms with Crippen molar-refractivity contribution in [2.24, 2.45) is 0 Å². The van der Waals surface area contributed by atoms with E-state index in [1.54, 1.807) is 0 Å². The summed E-state index contributed by atoms with van der Waals surface area (Å²) in [6.45, 7) is 6.16. The van der Waals surface area contributed by atoms with Crippen LogP contribution in [-0.4, -0.2) is 0 Å². The van der Waals surface area contributed by atoms with Crippen LogP contribution in [0, 0.1) is 46.5 Å². The predicted octanol–water partition coefficient (Wildman–Crippen LogP) is 8.50. The summed E-state index contributed by atoms with van der Waals surface area (Å²) in [6.07, 6.45) is 1.05. The standard InChI is InChI=1S/C28H16F8N2O2/c1-3-13-17(29)21(33)27(22(34)18(13)30)39-25-15(11-5-7-12(37)8-6-11)9-10-16(38)26(25)40-28-23(35)19(31)14(4-2)20(32)24(28)36/h3-10H,1-2,37-38H2. The lowest BCUT2D eigenvalue weighted by Gasteiger charge is -2.20. The van der Waals surface area contributed by atoms with Gasteiger partial charge in [0.15, 0.2) is 34.8 Å². The highest BCUT2D eigenvalue weighted by Crippen LogP contribution is 2.49. The number of hydrogen-bond acceptors (Lipinski definition) is 4. The SMILES string of the molecule is C=Cc1c(F)c(F)c(Oc2c(N)ccc(-c3ccc(N)cc3)c2Oc2c(F)c(F)c(C=C)c(F)c2F)c(F)c1F. The van der Waals surface area contributed by atoms with Gasteiger partial charge in [-0.05, 0) is 29.8 Å². The van der Waals surface area contributed by atoms with E-state index in [1.165, 1.54) is 30.3 Å². The molecule has 206 valence electrons. The highest BCUT2D eigenvalue weighted by Gasteiger charge is 2.31. The summed E-state index contributed by atoms with van der Waals surface area (Å²) < 4.78 is 127. The monoisotopic (exact) mass is 564 g/mol. The zero-order valence-corrected chi connectivity index (χ0v) is 20.0. The molecule has 0 amide bonds. The van der Waals surface area contributed by atoms with Crippen LogP contribution >= 0.6 is 0 Å². The molecule has 0 atom stereocenters. The molecule has 4 aromatic rings. The normalized spacial score (nSPS) is 10.9. The Balaban J connectivity index is 2.02. The third-order valence-corrected chi connectivity index (χ3v) is 5.69. The second-order valence-electron chi connectivity index (χ2n) is 8.09. The molecule has 4 rings (SSSR count). The number of halogens is 8. The Morgan fingerprint density at radius 2 is 0.900 bits per heavy atom. The number of nitrogens with two attached hydrogens (primary N) is 2. The molecule has 0 saturated carbocycles. The van der Waals surface area contributed by atoms with E-state index in [-0.39, 0.29) is 16.8 Å². The predicted molar refractivity (Wildman–Crippen MR) is 134 cm³/mol. The van der Waals surface area contributed by atoms with Crippen LogP contribution in [0.15, 0.2) is 49.6 Å². The van der Waals surface area contributed by atoms with Crippen LogP contribution in [0.25, 0.3) is 23.3 Å². The molecule has 4 aromatic carbocycles. The maximum Gasteiger partial charge on any atom is 0.205 e. The van der Waals surface area contributed by atoms with E-state index in [9.17, 15) is 35.1 Å². The number of nitrogen functional groups attached to an aromatic ring is 2. The van der Waals surface area contributed by atoms with Crippen LogP contribution in [0.5, 0.6) is 23.0 Å². The van der Waals surface area contributed by atoms with Crippen molar-refractivity contribution >= 4 is 23.5 Å². The van der Waals surface area contributed by atoms with Crippen LogP contribution in [0.1, 0.15) is 11.1 Å². The minimum Gasteiger partial charge on any atom is -0.446 e. The molecular weight excluding hydrogens is 548 g/mol. The van der Waals surface area contributed by atoms with Crippen LogP contribution in [-0.2, 0) is 0 Å². The molecular formula is C28H16F8N2O2. The fourth-order valence-electron chi connectivity index (χ4n) is 3.67. The molecule has 4 nitrogen and oxygen atoms in total. The smallest absolute Gasteiger partial charge is 0.205 e. The molecule has 0 radical (unpaired) electrons. The molecule has 0 heterocycles. The maximum atomic E-state index is 14.9. The van der Waals surface area contributed by atoms with Gasteiger partial charge < -0.3 is 20.9 Å². The molecule has 0 aliphatic rings. The van der Waals surface area contributed by atoms with Crippen molar-refractivity contribution in [2.75, 3.05) is 11.5 Å². The van der Waals surface area contributed by atoms with Gasteiger partial charge >= 0.3 is 0 Å². The first kappa shape index (κ1) is 28.0. The number of anilines is 2. The van der Waals surface area contributed by atoms with Crippen LogP contribution in [0.2, 0.25) is 0 Å². The van der Waals surface area contributed by atoms with Crippen molar-refractivity contribution in [1.82, 2.24) is 0 Å². The lowest BCUT2D eigenvalue weighted by molar-refractivity contribution is 0.336. The average molecular weight is 564 g/mol. The van der Waals surface area contributed by atoms with E-state index in [0.29, 0.717) is 12.2 Å². The Morgan fingerprint density at radius 1 is 0.500 bits per heavy atom. The van der Waals surface area contributed by atoms with Crippen LogP contribution in [0.4, 0.5) is 46.5 Å². The van der Waals surface area contributed by atoms with Gasteiger partial charge in [-0.15, -0.1) is 0 Å². The second kappa shape index (κ2) is 10.6. The van der Waals surface area contributed by atoms with Crippen molar-refractivity contribution in [2.45, 2.75) is 0 Å². The molecule has 40 heavy (non-hydrogen) atoms. The fraction of sp³-hybridized carbons (Fsp3) is 0. The largest absolute Gasteiger partial charge is 0.446 e. The van der Waals surface area contributed by atoms with E-state index in [0.717, 1.165) is 6.07 Å². The summed E-state index contributed by atoms with van der Waals surface area (Å²) in [6, 6.07) is 7.86. The van der Waals surface area contributed by atoms with E-state index in [1.807, 2.05) is 0 Å². The Kier molecular flexibility index (Phi) is 7.45. The van der Waals surface area contributed by atoms with Gasteiger partial charge in [0.25, 0.3) is 0 Å². The van der Waals surface area contributed by atoms with Crippen molar-refractivity contribution < 1.29 is 44.6 Å². The fourth-order valence-corrected chi connectivity index (χ4v) is 3.67. The first-order valence-electron chi connectivity index (χ1n) is 11.0. The molecule has 12 heteroatoms. The third-order valence-electron chi connectivity index (χ3n) is 5.69. The lowest BCUT2D eigenvalue weighted by atomic mass is 10.0. The first-order valence-corrected chi connectivity index (χ1v) is 11.0. The Labute approximate surface area is 221 Å². The summed E-state index contributed by atoms with van der Waals surface area (Å²) in [4.78, 5) is 0. The Bertz CT molecular complexity index is 1630. The molecule has 0 bridgehead atoms. The average Bonchev–Trinajstić information content (AvgIpc) is 2.93. The highest BCUT2D eigenvalue weighted by molar-refractivity contribution is 5.80. The zero-order valence-electron chi connectivity index (χ0n) is 20.0. The third kappa shape index (κ3) is 4.57. The zero-order chi connectivity index (χ0) is 29.5. The molecule has 0 aliphatic carbocycles. The van der Waals surface area contributed by atoms with Gasteiger partial charge in [0.1, 0.15) is 0 Å². The van der Waals surface area contributed by atoms with E-state index in [2.05, 4.69) is 13.2 Å². The minimum atomic E-state index is -2.01. The van der Waals surface area contributed by atoms with Gasteiger partial charge in [0.05, 0.1) is 16.8 Å². The second-order valence-corrected chi connectivity index (χ2v) is 8.09. The summed E-state index contributed by atoms with van der Waals surface area (Å²) in [5, 5.41) is 0. The van der Waals surface area contributed by atoms with Crippen molar-refractivity contribution in [3.05, 3.63) is 107 Å². The Morgan fingerprint density at radius 3 is 1.30 bits per heavy atom. The maximum absolute atomic E-state index is 14.9. The van der Waals surface area contributed by atoms with Gasteiger partial charge in [-0.1, -0.05) is 37.4 Å². The lowest BCUT2D eigenvalue weighted by Crippen LogP contribution is -2.07. The summed E-state index contributed by atoms with van der Waals surface area (Å²) >= 11 is 0. The quantitative estimate of drug-likeness (QED) is 0.134. The van der Waals surface area contributed by atoms with Crippen molar-refractivity contribution in [1.29, 1.82) is 0 Å². The van der Waals surface area contributed by atoms with Crippen molar-refractivity contribution in [3.63, 3.8) is 0 Å². The summed E-state index contributed by atoms with van der Waals surface area (Å²) in [5.74, 6) is -20.5. The molecule has 0 unspecified atom stereocenters. The van der Waals surface area contributed by atoms with Crippen LogP contribution in [0.3, 0.4) is 0 Å². The van der Waals surface area contributed by atoms with Gasteiger partial charge in [-0.2, -0.15) is 17.6 Å². The molecule has 4 N–H and O–H groups in total. The minimum absolute atomic E-state index is 0.152. The highest BCUT2D eigenvalue weighted by atomic mass is 19.2. The van der Waals surface area contributed by atoms with Gasteiger partial charge in [-0.3, -0.25) is 0 Å². The van der Waals surface area contributed by atoms with E-state index in [4.69, 9.17) is 20.9 Å². The molecule has 0 aliphatic heterocycles. The van der Waals surface area contributed by atoms with Gasteiger partial charge in [0, 0.05) is 11.3 Å². The molecule has 0 saturated heterocycles. The first-order chi connectivity index (χ1) is 18.9. The topological polar surface area (TPSA) is 70.5 Å². The number of hydrogen-bond donors (Lipinski definition) is 2. The number of benzene rings is 4. The van der Waals surface area contributed by atoms with Crippen LogP contribution < -0.4 is 20.9 Å². The summed E-state index contributed by atoms with van der Waals surface area (Å²) in [5.41, 5.74) is 9.08. The molecule has 0 aromatic heterocycles. The Hall–Kier alpha value is -5.00. The molecule has 0 fully saturated rings. The molecule has 0 spiro atoms. The summed E-state index contributed by atoms with van der Waals surface area (Å²) in [7, 11) is 0. The van der Waals surface area contributed by atoms with Gasteiger partial charge in [-0.25, -0.2) is 17.6 Å². The van der Waals surface area contributed by atoms with Crippen molar-refractivity contribution in [3.8, 4) is 34.1 Å². The van der Waals surface area contributed by atoms with E-state index >= 15 is 0 Å². The van der Waals surface area contributed by atoms with Gasteiger partial charge in [0.2, 0.25) is 34.8 Å². The number of ether oxygens (including phenoxy) is 2. The number of rotatable bonds is 7.